The lowest BCUT2D eigenvalue weighted by molar-refractivity contribution is -0.136. The van der Waals surface area contributed by atoms with E-state index >= 15 is 0 Å². The van der Waals surface area contributed by atoms with Crippen molar-refractivity contribution in [2.24, 2.45) is 0 Å². The van der Waals surface area contributed by atoms with E-state index < -0.39 is 5.97 Å². The minimum atomic E-state index is -0.924. The molecule has 0 aliphatic heterocycles. The van der Waals surface area contributed by atoms with Gasteiger partial charge in [0.15, 0.2) is 0 Å². The molecule has 0 atom stereocenters. The molecule has 112 valence electrons. The number of aryl methyl sites for hydroxylation is 1. The van der Waals surface area contributed by atoms with Gasteiger partial charge in [-0.1, -0.05) is 18.2 Å². The van der Waals surface area contributed by atoms with Gasteiger partial charge in [0.25, 0.3) is 0 Å². The Morgan fingerprint density at radius 3 is 2.64 bits per heavy atom. The van der Waals surface area contributed by atoms with Crippen LogP contribution in [0.15, 0.2) is 42.5 Å². The summed E-state index contributed by atoms with van der Waals surface area (Å²) in [6, 6.07) is 12.0. The summed E-state index contributed by atoms with van der Waals surface area (Å²) in [7, 11) is 0. The van der Waals surface area contributed by atoms with Gasteiger partial charge in [0.05, 0.1) is 11.0 Å². The van der Waals surface area contributed by atoms with Gasteiger partial charge in [-0.3, -0.25) is 4.79 Å². The molecule has 0 fully saturated rings. The number of rotatable bonds is 4. The highest BCUT2D eigenvalue weighted by molar-refractivity contribution is 5.79. The third-order valence-electron chi connectivity index (χ3n) is 3.55. The Morgan fingerprint density at radius 1 is 1.23 bits per heavy atom. The van der Waals surface area contributed by atoms with E-state index in [4.69, 9.17) is 5.11 Å². The van der Waals surface area contributed by atoms with E-state index in [0.29, 0.717) is 12.4 Å². The lowest BCUT2D eigenvalue weighted by Gasteiger charge is -2.08. The molecule has 1 heterocycles. The lowest BCUT2D eigenvalue weighted by Crippen LogP contribution is -2.10. The summed E-state index contributed by atoms with van der Waals surface area (Å²) in [5, 5.41) is 9.07. The zero-order valence-electron chi connectivity index (χ0n) is 12.1. The van der Waals surface area contributed by atoms with Crippen LogP contribution in [0.4, 0.5) is 4.39 Å². The number of benzene rings is 2. The van der Waals surface area contributed by atoms with Gasteiger partial charge in [-0.2, -0.15) is 0 Å². The first-order chi connectivity index (χ1) is 10.5. The summed E-state index contributed by atoms with van der Waals surface area (Å²) in [5.41, 5.74) is 3.62. The van der Waals surface area contributed by atoms with Crippen LogP contribution in [-0.4, -0.2) is 20.6 Å². The number of nitrogens with zero attached hydrogens (tertiary/aromatic N) is 2. The van der Waals surface area contributed by atoms with Gasteiger partial charge in [0, 0.05) is 6.54 Å². The van der Waals surface area contributed by atoms with Crippen molar-refractivity contribution in [1.29, 1.82) is 0 Å². The molecule has 1 N–H and O–H groups in total. The Morgan fingerprint density at radius 2 is 1.95 bits per heavy atom. The molecule has 0 bridgehead atoms. The molecule has 0 radical (unpaired) electrons. The summed E-state index contributed by atoms with van der Waals surface area (Å²) >= 11 is 0. The summed E-state index contributed by atoms with van der Waals surface area (Å²) < 4.78 is 14.9. The van der Waals surface area contributed by atoms with E-state index in [1.54, 1.807) is 12.1 Å². The van der Waals surface area contributed by atoms with Gasteiger partial charge in [0.2, 0.25) is 0 Å². The van der Waals surface area contributed by atoms with Crippen LogP contribution in [0.3, 0.4) is 0 Å². The fourth-order valence-electron chi connectivity index (χ4n) is 2.51. The molecule has 0 aliphatic carbocycles. The minimum absolute atomic E-state index is 0.144. The highest BCUT2D eigenvalue weighted by atomic mass is 19.1. The SMILES string of the molecule is Cc1ccc2c(c1)nc(CC(=O)O)n2Cc1ccc(F)cc1. The minimum Gasteiger partial charge on any atom is -0.481 e. The molecular formula is C17H15FN2O2. The Balaban J connectivity index is 2.08. The number of hydrogen-bond acceptors (Lipinski definition) is 2. The molecule has 4 nitrogen and oxygen atoms in total. The molecule has 0 aliphatic rings. The maximum absolute atomic E-state index is 13.0. The number of aliphatic carboxylic acids is 1. The van der Waals surface area contributed by atoms with Crippen molar-refractivity contribution in [1.82, 2.24) is 9.55 Å². The first kappa shape index (κ1) is 14.3. The second kappa shape index (κ2) is 5.60. The lowest BCUT2D eigenvalue weighted by atomic mass is 10.2. The Labute approximate surface area is 126 Å². The van der Waals surface area contributed by atoms with Gasteiger partial charge in [-0.15, -0.1) is 0 Å². The largest absolute Gasteiger partial charge is 0.481 e. The van der Waals surface area contributed by atoms with Crippen molar-refractivity contribution in [2.45, 2.75) is 19.9 Å². The Kier molecular flexibility index (Phi) is 3.63. The number of carbonyl (C=O) groups is 1. The molecule has 0 unspecified atom stereocenters. The van der Waals surface area contributed by atoms with Crippen LogP contribution in [0.25, 0.3) is 11.0 Å². The van der Waals surface area contributed by atoms with Crippen LogP contribution in [0.1, 0.15) is 17.0 Å². The molecule has 0 saturated heterocycles. The van der Waals surface area contributed by atoms with Gasteiger partial charge >= 0.3 is 5.97 Å². The van der Waals surface area contributed by atoms with Crippen molar-refractivity contribution in [3.8, 4) is 0 Å². The van der Waals surface area contributed by atoms with Crippen LogP contribution < -0.4 is 0 Å². The maximum Gasteiger partial charge on any atom is 0.311 e. The van der Waals surface area contributed by atoms with Gasteiger partial charge in [-0.05, 0) is 42.3 Å². The van der Waals surface area contributed by atoms with Crippen molar-refractivity contribution in [3.63, 3.8) is 0 Å². The van der Waals surface area contributed by atoms with Crippen LogP contribution >= 0.6 is 0 Å². The van der Waals surface area contributed by atoms with Crippen molar-refractivity contribution in [3.05, 3.63) is 65.2 Å². The summed E-state index contributed by atoms with van der Waals surface area (Å²) in [6.45, 7) is 2.43. The molecule has 5 heteroatoms. The summed E-state index contributed by atoms with van der Waals surface area (Å²) in [5.74, 6) is -0.717. The van der Waals surface area contributed by atoms with Crippen molar-refractivity contribution < 1.29 is 14.3 Å². The van der Waals surface area contributed by atoms with E-state index in [9.17, 15) is 9.18 Å². The molecule has 1 aromatic heterocycles. The van der Waals surface area contributed by atoms with Gasteiger partial charge in [-0.25, -0.2) is 9.37 Å². The number of imidazole rings is 1. The van der Waals surface area contributed by atoms with Crippen molar-refractivity contribution >= 4 is 17.0 Å². The number of carboxylic acid groups (broad SMARTS) is 1. The molecule has 3 rings (SSSR count). The Bertz CT molecular complexity index is 838. The Hall–Kier alpha value is -2.69. The monoisotopic (exact) mass is 298 g/mol. The quantitative estimate of drug-likeness (QED) is 0.805. The molecule has 22 heavy (non-hydrogen) atoms. The smallest absolute Gasteiger partial charge is 0.311 e. The average Bonchev–Trinajstić information content (AvgIpc) is 2.77. The van der Waals surface area contributed by atoms with Crippen LogP contribution in [-0.2, 0) is 17.8 Å². The van der Waals surface area contributed by atoms with E-state index in [2.05, 4.69) is 4.98 Å². The van der Waals surface area contributed by atoms with Crippen LogP contribution in [0.5, 0.6) is 0 Å². The van der Waals surface area contributed by atoms with E-state index in [1.807, 2.05) is 29.7 Å². The number of fused-ring (bicyclic) bond motifs is 1. The van der Waals surface area contributed by atoms with Crippen molar-refractivity contribution in [2.75, 3.05) is 0 Å². The van der Waals surface area contributed by atoms with Crippen LogP contribution in [0.2, 0.25) is 0 Å². The number of carboxylic acids is 1. The highest BCUT2D eigenvalue weighted by Gasteiger charge is 2.14. The molecule has 2 aromatic carbocycles. The van der Waals surface area contributed by atoms with Gasteiger partial charge in [0.1, 0.15) is 18.1 Å². The first-order valence-electron chi connectivity index (χ1n) is 6.95. The first-order valence-corrected chi connectivity index (χ1v) is 6.95. The fraction of sp³-hybridized carbons (Fsp3) is 0.176. The third kappa shape index (κ3) is 2.83. The standard InChI is InChI=1S/C17H15FN2O2/c1-11-2-7-15-14(8-11)19-16(9-17(21)22)20(15)10-12-3-5-13(18)6-4-12/h2-8H,9-10H2,1H3,(H,21,22). The highest BCUT2D eigenvalue weighted by Crippen LogP contribution is 2.20. The summed E-state index contributed by atoms with van der Waals surface area (Å²) in [4.78, 5) is 15.5. The number of hydrogen-bond donors (Lipinski definition) is 1. The predicted molar refractivity (Wildman–Crippen MR) is 81.3 cm³/mol. The zero-order valence-corrected chi connectivity index (χ0v) is 12.1. The topological polar surface area (TPSA) is 55.1 Å². The molecule has 0 spiro atoms. The molecular weight excluding hydrogens is 283 g/mol. The third-order valence-corrected chi connectivity index (χ3v) is 3.55. The number of aromatic nitrogens is 2. The fourth-order valence-corrected chi connectivity index (χ4v) is 2.51. The molecule has 0 amide bonds. The molecule has 3 aromatic rings. The zero-order chi connectivity index (χ0) is 15.7. The van der Waals surface area contributed by atoms with Gasteiger partial charge < -0.3 is 9.67 Å². The molecule has 0 saturated carbocycles. The van der Waals surface area contributed by atoms with E-state index in [0.717, 1.165) is 22.2 Å². The van der Waals surface area contributed by atoms with Crippen LogP contribution in [0, 0.1) is 12.7 Å². The van der Waals surface area contributed by atoms with E-state index in [1.165, 1.54) is 12.1 Å². The summed E-state index contributed by atoms with van der Waals surface area (Å²) in [6.07, 6.45) is -0.144. The normalized spacial score (nSPS) is 11.0. The predicted octanol–water partition coefficient (Wildman–Crippen LogP) is 3.16. The number of halogens is 1. The maximum atomic E-state index is 13.0. The van der Waals surface area contributed by atoms with E-state index in [-0.39, 0.29) is 12.2 Å². The average molecular weight is 298 g/mol. The second-order valence-corrected chi connectivity index (χ2v) is 5.30. The second-order valence-electron chi connectivity index (χ2n) is 5.30.